The van der Waals surface area contributed by atoms with Crippen molar-refractivity contribution in [2.24, 2.45) is 0 Å². The molecule has 106 valence electrons. The Labute approximate surface area is 134 Å². The second-order valence-electron chi connectivity index (χ2n) is 4.20. The summed E-state index contributed by atoms with van der Waals surface area (Å²) in [7, 11) is 0. The third-order valence-electron chi connectivity index (χ3n) is 2.69. The van der Waals surface area contributed by atoms with Gasteiger partial charge in [-0.1, -0.05) is 47.2 Å². The lowest BCUT2D eigenvalue weighted by Crippen LogP contribution is -2.13. The van der Waals surface area contributed by atoms with Crippen molar-refractivity contribution in [2.45, 2.75) is 6.42 Å². The molecule has 0 spiro atoms. The second-order valence-corrected chi connectivity index (χ2v) is 6.61. The molecule has 21 heavy (non-hydrogen) atoms. The van der Waals surface area contributed by atoms with Crippen molar-refractivity contribution < 1.29 is 4.79 Å². The average Bonchev–Trinajstić information content (AvgIpc) is 3.11. The van der Waals surface area contributed by atoms with E-state index in [1.165, 1.54) is 11.3 Å². The minimum absolute atomic E-state index is 0.0979. The van der Waals surface area contributed by atoms with E-state index >= 15 is 0 Å². The van der Waals surface area contributed by atoms with E-state index in [1.807, 2.05) is 35.7 Å². The van der Waals surface area contributed by atoms with Crippen molar-refractivity contribution in [3.63, 3.8) is 0 Å². The number of anilines is 1. The Kier molecular flexibility index (Phi) is 4.28. The lowest BCUT2D eigenvalue weighted by atomic mass is 10.2. The zero-order chi connectivity index (χ0) is 14.7. The minimum atomic E-state index is -0.0979. The molecule has 1 aromatic carbocycles. The lowest BCUT2D eigenvalue weighted by Gasteiger charge is -1.99. The number of thiophene rings is 1. The number of benzene rings is 1. The number of nitrogens with zero attached hydrogens (tertiary/aromatic N) is 2. The maximum Gasteiger partial charge on any atom is 0.231 e. The molecule has 4 nitrogen and oxygen atoms in total. The highest BCUT2D eigenvalue weighted by atomic mass is 35.5. The zero-order valence-corrected chi connectivity index (χ0v) is 13.1. The summed E-state index contributed by atoms with van der Waals surface area (Å²) in [5, 5.41) is 14.5. The first-order chi connectivity index (χ1) is 10.2. The third kappa shape index (κ3) is 3.47. The van der Waals surface area contributed by atoms with E-state index in [0.29, 0.717) is 21.6 Å². The number of carbonyl (C=O) groups is 1. The molecule has 0 radical (unpaired) electrons. The number of halogens is 1. The van der Waals surface area contributed by atoms with Crippen molar-refractivity contribution in [3.8, 4) is 10.6 Å². The summed E-state index contributed by atoms with van der Waals surface area (Å²) in [4.78, 5) is 12.9. The molecule has 3 rings (SSSR count). The average molecular weight is 336 g/mol. The Morgan fingerprint density at radius 1 is 1.19 bits per heavy atom. The van der Waals surface area contributed by atoms with Gasteiger partial charge in [0.1, 0.15) is 0 Å². The number of hydrogen-bond acceptors (Lipinski definition) is 5. The Bertz CT molecular complexity index is 755. The van der Waals surface area contributed by atoms with E-state index in [2.05, 4.69) is 15.5 Å². The van der Waals surface area contributed by atoms with Gasteiger partial charge in [-0.3, -0.25) is 4.79 Å². The van der Waals surface area contributed by atoms with Gasteiger partial charge in [-0.05, 0) is 17.5 Å². The van der Waals surface area contributed by atoms with Crippen LogP contribution in [0.1, 0.15) is 4.88 Å². The predicted octanol–water partition coefficient (Wildman–Crippen LogP) is 4.10. The molecule has 0 aliphatic heterocycles. The van der Waals surface area contributed by atoms with Crippen LogP contribution in [-0.4, -0.2) is 16.1 Å². The molecule has 0 aliphatic rings. The van der Waals surface area contributed by atoms with Gasteiger partial charge in [0, 0.05) is 10.4 Å². The van der Waals surface area contributed by atoms with Crippen LogP contribution in [0, 0.1) is 0 Å². The van der Waals surface area contributed by atoms with Crippen molar-refractivity contribution in [1.82, 2.24) is 10.2 Å². The summed E-state index contributed by atoms with van der Waals surface area (Å²) in [6.07, 6.45) is 0.346. The number of hydrogen-bond donors (Lipinski definition) is 1. The molecule has 0 unspecified atom stereocenters. The van der Waals surface area contributed by atoms with E-state index in [9.17, 15) is 4.79 Å². The smallest absolute Gasteiger partial charge is 0.231 e. The number of carbonyl (C=O) groups excluding carboxylic acids is 1. The fourth-order valence-corrected chi connectivity index (χ4v) is 3.54. The zero-order valence-electron chi connectivity index (χ0n) is 10.7. The molecule has 0 bridgehead atoms. The van der Waals surface area contributed by atoms with E-state index < -0.39 is 0 Å². The summed E-state index contributed by atoms with van der Waals surface area (Å²) in [6, 6.07) is 11.3. The molecule has 2 heterocycles. The monoisotopic (exact) mass is 335 g/mol. The standard InChI is InChI=1S/C14H10ClN3OS2/c15-11-6-2-1-5-10(11)13-17-18-14(21-13)16-12(19)8-9-4-3-7-20-9/h1-7H,8H2,(H,16,18,19). The van der Waals surface area contributed by atoms with Crippen LogP contribution in [0.5, 0.6) is 0 Å². The van der Waals surface area contributed by atoms with Gasteiger partial charge in [0.15, 0.2) is 5.01 Å². The van der Waals surface area contributed by atoms with Crippen LogP contribution >= 0.6 is 34.3 Å². The molecule has 0 fully saturated rings. The van der Waals surface area contributed by atoms with E-state index in [4.69, 9.17) is 11.6 Å². The Morgan fingerprint density at radius 3 is 2.81 bits per heavy atom. The summed E-state index contributed by atoms with van der Waals surface area (Å²) in [5.41, 5.74) is 0.815. The highest BCUT2D eigenvalue weighted by Crippen LogP contribution is 2.31. The molecule has 3 aromatic rings. The molecular weight excluding hydrogens is 326 g/mol. The third-order valence-corrected chi connectivity index (χ3v) is 4.77. The van der Waals surface area contributed by atoms with Crippen molar-refractivity contribution >= 4 is 45.3 Å². The van der Waals surface area contributed by atoms with Gasteiger partial charge >= 0.3 is 0 Å². The summed E-state index contributed by atoms with van der Waals surface area (Å²) in [5.74, 6) is -0.0979. The van der Waals surface area contributed by atoms with Crippen molar-refractivity contribution in [3.05, 3.63) is 51.7 Å². The Balaban J connectivity index is 1.71. The minimum Gasteiger partial charge on any atom is -0.300 e. The molecular formula is C14H10ClN3OS2. The fourth-order valence-electron chi connectivity index (χ4n) is 1.75. The number of aromatic nitrogens is 2. The van der Waals surface area contributed by atoms with Gasteiger partial charge in [-0.2, -0.15) is 0 Å². The number of nitrogens with one attached hydrogen (secondary N) is 1. The fraction of sp³-hybridized carbons (Fsp3) is 0.0714. The molecule has 0 atom stereocenters. The van der Waals surface area contributed by atoms with Crippen LogP contribution in [0.2, 0.25) is 5.02 Å². The van der Waals surface area contributed by atoms with E-state index in [1.54, 1.807) is 17.4 Å². The number of rotatable bonds is 4. The molecule has 1 amide bonds. The van der Waals surface area contributed by atoms with Crippen LogP contribution in [0.3, 0.4) is 0 Å². The second kappa shape index (κ2) is 6.34. The maximum absolute atomic E-state index is 11.9. The molecule has 1 N–H and O–H groups in total. The number of amides is 1. The largest absolute Gasteiger partial charge is 0.300 e. The maximum atomic E-state index is 11.9. The topological polar surface area (TPSA) is 54.9 Å². The molecule has 0 saturated carbocycles. The summed E-state index contributed by atoms with van der Waals surface area (Å²) in [6.45, 7) is 0. The SMILES string of the molecule is O=C(Cc1cccs1)Nc1nnc(-c2ccccc2Cl)s1. The van der Waals surface area contributed by atoms with Crippen LogP contribution < -0.4 is 5.32 Å². The van der Waals surface area contributed by atoms with Gasteiger partial charge in [-0.25, -0.2) is 0 Å². The summed E-state index contributed by atoms with van der Waals surface area (Å²) >= 11 is 8.98. The van der Waals surface area contributed by atoms with Crippen molar-refractivity contribution in [2.75, 3.05) is 5.32 Å². The first-order valence-corrected chi connectivity index (χ1v) is 8.20. The van der Waals surface area contributed by atoms with Gasteiger partial charge in [-0.15, -0.1) is 21.5 Å². The highest BCUT2D eigenvalue weighted by molar-refractivity contribution is 7.18. The summed E-state index contributed by atoms with van der Waals surface area (Å²) < 4.78 is 0. The lowest BCUT2D eigenvalue weighted by molar-refractivity contribution is -0.115. The molecule has 0 saturated heterocycles. The van der Waals surface area contributed by atoms with Gasteiger partial charge in [0.2, 0.25) is 11.0 Å². The van der Waals surface area contributed by atoms with E-state index in [-0.39, 0.29) is 5.91 Å². The van der Waals surface area contributed by atoms with Crippen LogP contribution in [0.25, 0.3) is 10.6 Å². The van der Waals surface area contributed by atoms with Crippen molar-refractivity contribution in [1.29, 1.82) is 0 Å². The van der Waals surface area contributed by atoms with E-state index in [0.717, 1.165) is 10.4 Å². The normalized spacial score (nSPS) is 10.5. The van der Waals surface area contributed by atoms with Crippen LogP contribution in [0.15, 0.2) is 41.8 Å². The highest BCUT2D eigenvalue weighted by Gasteiger charge is 2.12. The molecule has 0 aliphatic carbocycles. The Morgan fingerprint density at radius 2 is 2.05 bits per heavy atom. The first-order valence-electron chi connectivity index (χ1n) is 6.13. The van der Waals surface area contributed by atoms with Gasteiger partial charge in [0.25, 0.3) is 0 Å². The Hall–Kier alpha value is -1.76. The van der Waals surface area contributed by atoms with Crippen LogP contribution in [-0.2, 0) is 11.2 Å². The van der Waals surface area contributed by atoms with Crippen LogP contribution in [0.4, 0.5) is 5.13 Å². The predicted molar refractivity (Wildman–Crippen MR) is 87.0 cm³/mol. The van der Waals surface area contributed by atoms with Gasteiger partial charge < -0.3 is 5.32 Å². The van der Waals surface area contributed by atoms with Gasteiger partial charge in [0.05, 0.1) is 11.4 Å². The first kappa shape index (κ1) is 14.2. The molecule has 7 heteroatoms. The molecule has 2 aromatic heterocycles. The quantitative estimate of drug-likeness (QED) is 0.781.